The second-order valence-electron chi connectivity index (χ2n) is 4.85. The van der Waals surface area contributed by atoms with Crippen LogP contribution in [0.3, 0.4) is 0 Å². The number of hydrogen-bond acceptors (Lipinski definition) is 5. The fraction of sp³-hybridized carbons (Fsp3) is 0.200. The smallest absolute Gasteiger partial charge is 0.313 e. The monoisotopic (exact) mass is 317 g/mol. The minimum Gasteiger partial charge on any atom is -0.472 e. The van der Waals surface area contributed by atoms with Crippen LogP contribution in [0.2, 0.25) is 0 Å². The maximum Gasteiger partial charge on any atom is 0.313 e. The molecule has 0 unspecified atom stereocenters. The lowest BCUT2D eigenvalue weighted by atomic mass is 10.2. The average Bonchev–Trinajstić information content (AvgIpc) is 3.02. The Morgan fingerprint density at radius 1 is 1.26 bits per heavy atom. The summed E-state index contributed by atoms with van der Waals surface area (Å²) in [5.41, 5.74) is 1.69. The van der Waals surface area contributed by atoms with E-state index in [1.165, 1.54) is 24.5 Å². The molecule has 0 aliphatic carbocycles. The predicted octanol–water partition coefficient (Wildman–Crippen LogP) is 1.79. The number of amides is 2. The summed E-state index contributed by atoms with van der Waals surface area (Å²) < 4.78 is 4.90. The second-order valence-corrected chi connectivity index (χ2v) is 4.85. The van der Waals surface area contributed by atoms with Gasteiger partial charge in [-0.05, 0) is 36.6 Å². The van der Waals surface area contributed by atoms with Crippen LogP contribution in [0.5, 0.6) is 0 Å². The maximum atomic E-state index is 11.8. The van der Waals surface area contributed by atoms with Gasteiger partial charge in [0.2, 0.25) is 0 Å². The van der Waals surface area contributed by atoms with Crippen molar-refractivity contribution in [3.8, 4) is 0 Å². The van der Waals surface area contributed by atoms with Gasteiger partial charge in [0, 0.05) is 24.4 Å². The number of anilines is 1. The number of rotatable bonds is 5. The van der Waals surface area contributed by atoms with E-state index in [2.05, 4.69) is 10.6 Å². The van der Waals surface area contributed by atoms with Crippen LogP contribution in [-0.4, -0.2) is 23.3 Å². The molecule has 0 spiro atoms. The summed E-state index contributed by atoms with van der Waals surface area (Å²) in [5.74, 6) is -1.60. The summed E-state index contributed by atoms with van der Waals surface area (Å²) in [6.45, 7) is 1.91. The van der Waals surface area contributed by atoms with Crippen LogP contribution in [0.1, 0.15) is 11.1 Å². The number of benzene rings is 1. The van der Waals surface area contributed by atoms with E-state index < -0.39 is 16.7 Å². The molecule has 2 rings (SSSR count). The molecular formula is C15H15N3O5. The molecule has 0 bridgehead atoms. The van der Waals surface area contributed by atoms with Crippen molar-refractivity contribution in [2.45, 2.75) is 13.3 Å². The van der Waals surface area contributed by atoms with E-state index in [0.29, 0.717) is 24.2 Å². The van der Waals surface area contributed by atoms with Gasteiger partial charge in [-0.1, -0.05) is 0 Å². The fourth-order valence-corrected chi connectivity index (χ4v) is 1.92. The highest BCUT2D eigenvalue weighted by Crippen LogP contribution is 2.20. The van der Waals surface area contributed by atoms with Crippen molar-refractivity contribution in [1.29, 1.82) is 0 Å². The van der Waals surface area contributed by atoms with Gasteiger partial charge in [-0.3, -0.25) is 19.7 Å². The summed E-state index contributed by atoms with van der Waals surface area (Å²) >= 11 is 0. The molecule has 8 nitrogen and oxygen atoms in total. The molecule has 0 radical (unpaired) electrons. The first-order chi connectivity index (χ1) is 11.0. The summed E-state index contributed by atoms with van der Waals surface area (Å²) in [7, 11) is 0. The highest BCUT2D eigenvalue weighted by Gasteiger charge is 2.15. The van der Waals surface area contributed by atoms with E-state index in [1.807, 2.05) is 0 Å². The molecule has 1 aromatic carbocycles. The third-order valence-corrected chi connectivity index (χ3v) is 3.15. The number of aryl methyl sites for hydroxylation is 1. The van der Waals surface area contributed by atoms with Crippen molar-refractivity contribution in [2.24, 2.45) is 0 Å². The van der Waals surface area contributed by atoms with Crippen LogP contribution in [0.4, 0.5) is 11.4 Å². The van der Waals surface area contributed by atoms with E-state index in [0.717, 1.165) is 5.56 Å². The second kappa shape index (κ2) is 7.21. The van der Waals surface area contributed by atoms with Crippen molar-refractivity contribution in [3.05, 3.63) is 58.0 Å². The van der Waals surface area contributed by atoms with Gasteiger partial charge in [0.25, 0.3) is 5.69 Å². The van der Waals surface area contributed by atoms with E-state index in [4.69, 9.17) is 4.42 Å². The van der Waals surface area contributed by atoms with Crippen molar-refractivity contribution in [1.82, 2.24) is 5.32 Å². The number of carbonyl (C=O) groups excluding carboxylic acids is 2. The van der Waals surface area contributed by atoms with Gasteiger partial charge in [0.05, 0.1) is 17.4 Å². The molecule has 0 aliphatic rings. The highest BCUT2D eigenvalue weighted by atomic mass is 16.6. The molecule has 8 heteroatoms. The molecule has 0 saturated heterocycles. The first-order valence-corrected chi connectivity index (χ1v) is 6.82. The lowest BCUT2D eigenvalue weighted by Crippen LogP contribution is -2.36. The molecular weight excluding hydrogens is 302 g/mol. The molecule has 120 valence electrons. The number of hydrogen-bond donors (Lipinski definition) is 2. The lowest BCUT2D eigenvalue weighted by molar-refractivity contribution is -0.384. The van der Waals surface area contributed by atoms with Gasteiger partial charge in [-0.2, -0.15) is 0 Å². The number of carbonyl (C=O) groups is 2. The molecule has 2 amide bonds. The number of furan rings is 1. The molecule has 1 aromatic heterocycles. The first kappa shape index (κ1) is 16.2. The molecule has 2 aromatic rings. The Balaban J connectivity index is 1.88. The Hall–Kier alpha value is -3.16. The van der Waals surface area contributed by atoms with Crippen LogP contribution in [0.15, 0.2) is 41.2 Å². The van der Waals surface area contributed by atoms with Gasteiger partial charge in [-0.25, -0.2) is 0 Å². The van der Waals surface area contributed by atoms with Gasteiger partial charge in [0.15, 0.2) is 0 Å². The van der Waals surface area contributed by atoms with E-state index in [-0.39, 0.29) is 5.69 Å². The SMILES string of the molecule is Cc1cc([N+](=O)[O-])ccc1NC(=O)C(=O)NCCc1ccoc1. The molecule has 0 saturated carbocycles. The Morgan fingerprint density at radius 2 is 2.04 bits per heavy atom. The van der Waals surface area contributed by atoms with Gasteiger partial charge < -0.3 is 15.1 Å². The Labute approximate surface area is 131 Å². The number of nitrogens with zero attached hydrogens (tertiary/aromatic N) is 1. The zero-order valence-corrected chi connectivity index (χ0v) is 12.4. The van der Waals surface area contributed by atoms with Crippen LogP contribution >= 0.6 is 0 Å². The van der Waals surface area contributed by atoms with Crippen LogP contribution in [0.25, 0.3) is 0 Å². The first-order valence-electron chi connectivity index (χ1n) is 6.82. The molecule has 0 fully saturated rings. The summed E-state index contributed by atoms with van der Waals surface area (Å²) in [6.07, 6.45) is 3.64. The Kier molecular flexibility index (Phi) is 5.08. The van der Waals surface area contributed by atoms with Gasteiger partial charge >= 0.3 is 11.8 Å². The van der Waals surface area contributed by atoms with E-state index in [9.17, 15) is 19.7 Å². The third-order valence-electron chi connectivity index (χ3n) is 3.15. The molecule has 0 atom stereocenters. The van der Waals surface area contributed by atoms with Crippen LogP contribution < -0.4 is 10.6 Å². The molecule has 0 aliphatic heterocycles. The van der Waals surface area contributed by atoms with E-state index in [1.54, 1.807) is 19.3 Å². The normalized spacial score (nSPS) is 10.1. The Morgan fingerprint density at radius 3 is 2.65 bits per heavy atom. The number of nitrogens with one attached hydrogen (secondary N) is 2. The van der Waals surface area contributed by atoms with Crippen LogP contribution in [-0.2, 0) is 16.0 Å². The van der Waals surface area contributed by atoms with Crippen molar-refractivity contribution in [2.75, 3.05) is 11.9 Å². The third kappa shape index (κ3) is 4.40. The molecule has 2 N–H and O–H groups in total. The zero-order chi connectivity index (χ0) is 16.8. The summed E-state index contributed by atoms with van der Waals surface area (Å²) in [6, 6.07) is 5.75. The quantitative estimate of drug-likeness (QED) is 0.495. The van der Waals surface area contributed by atoms with E-state index >= 15 is 0 Å². The molecule has 23 heavy (non-hydrogen) atoms. The minimum atomic E-state index is -0.825. The van der Waals surface area contributed by atoms with Crippen molar-refractivity contribution < 1.29 is 18.9 Å². The minimum absolute atomic E-state index is 0.0786. The summed E-state index contributed by atoms with van der Waals surface area (Å²) in [5, 5.41) is 15.6. The van der Waals surface area contributed by atoms with Crippen molar-refractivity contribution in [3.63, 3.8) is 0 Å². The summed E-state index contributed by atoms with van der Waals surface area (Å²) in [4.78, 5) is 33.6. The maximum absolute atomic E-state index is 11.8. The van der Waals surface area contributed by atoms with Gasteiger partial charge in [0.1, 0.15) is 0 Å². The Bertz CT molecular complexity index is 725. The molecule has 1 heterocycles. The number of nitro benzene ring substituents is 1. The number of nitro groups is 1. The van der Waals surface area contributed by atoms with Crippen molar-refractivity contribution >= 4 is 23.2 Å². The van der Waals surface area contributed by atoms with Crippen LogP contribution in [0, 0.1) is 17.0 Å². The standard InChI is InChI=1S/C15H15N3O5/c1-10-8-12(18(21)22)2-3-13(10)17-15(20)14(19)16-6-4-11-5-7-23-9-11/h2-3,5,7-9H,4,6H2,1H3,(H,16,19)(H,17,20). The topological polar surface area (TPSA) is 114 Å². The van der Waals surface area contributed by atoms with Gasteiger partial charge in [-0.15, -0.1) is 0 Å². The average molecular weight is 317 g/mol. The largest absolute Gasteiger partial charge is 0.472 e. The zero-order valence-electron chi connectivity index (χ0n) is 12.4. The number of non-ortho nitro benzene ring substituents is 1. The lowest BCUT2D eigenvalue weighted by Gasteiger charge is -2.08. The predicted molar refractivity (Wildman–Crippen MR) is 81.9 cm³/mol. The highest BCUT2D eigenvalue weighted by molar-refractivity contribution is 6.39. The fourth-order valence-electron chi connectivity index (χ4n) is 1.92.